The Kier molecular flexibility index (Phi) is 4.21. The number of piperidine rings is 1. The quantitative estimate of drug-likeness (QED) is 0.883. The van der Waals surface area contributed by atoms with Crippen LogP contribution in [0.25, 0.3) is 0 Å². The maximum Gasteiger partial charge on any atom is 0.220 e. The average Bonchev–Trinajstić information content (AvgIpc) is 2.90. The number of rotatable bonds is 4. The van der Waals surface area contributed by atoms with E-state index in [0.717, 1.165) is 30.8 Å². The van der Waals surface area contributed by atoms with Gasteiger partial charge in [-0.05, 0) is 44.3 Å². The summed E-state index contributed by atoms with van der Waals surface area (Å²) in [6.45, 7) is 2.74. The van der Waals surface area contributed by atoms with Gasteiger partial charge in [0.2, 0.25) is 5.91 Å². The van der Waals surface area contributed by atoms with Crippen LogP contribution in [0.5, 0.6) is 5.75 Å². The molecule has 0 bridgehead atoms. The summed E-state index contributed by atoms with van der Waals surface area (Å²) in [6, 6.07) is 7.95. The Hall–Kier alpha value is -1.55. The maximum absolute atomic E-state index is 12.1. The van der Waals surface area contributed by atoms with Crippen LogP contribution in [0.2, 0.25) is 0 Å². The number of para-hydroxylation sites is 1. The monoisotopic (exact) mass is 274 g/mol. The third kappa shape index (κ3) is 3.12. The molecule has 1 saturated heterocycles. The molecular weight excluding hydrogens is 252 g/mol. The van der Waals surface area contributed by atoms with Crippen LogP contribution in [0.3, 0.4) is 0 Å². The standard InChI is InChI=1S/C16H22N2O2/c19-16(6-5-12-7-9-17-10-8-12)18-14-11-20-15-4-2-1-3-13(14)15/h1-4,12,14,17H,5-11H2,(H,18,19). The van der Waals surface area contributed by atoms with E-state index in [1.54, 1.807) is 0 Å². The van der Waals surface area contributed by atoms with Crippen LogP contribution in [-0.2, 0) is 4.79 Å². The van der Waals surface area contributed by atoms with E-state index in [1.807, 2.05) is 24.3 Å². The number of carbonyl (C=O) groups is 1. The Morgan fingerprint density at radius 2 is 2.10 bits per heavy atom. The SMILES string of the molecule is O=C(CCC1CCNCC1)NC1COc2ccccc21. The van der Waals surface area contributed by atoms with Crippen LogP contribution in [0.1, 0.15) is 37.3 Å². The number of hydrogen-bond acceptors (Lipinski definition) is 3. The Morgan fingerprint density at radius 3 is 2.95 bits per heavy atom. The first-order valence-corrected chi connectivity index (χ1v) is 7.55. The van der Waals surface area contributed by atoms with Gasteiger partial charge in [-0.2, -0.15) is 0 Å². The number of ether oxygens (including phenoxy) is 1. The summed E-state index contributed by atoms with van der Waals surface area (Å²) in [5.74, 6) is 1.75. The molecule has 20 heavy (non-hydrogen) atoms. The third-order valence-electron chi connectivity index (χ3n) is 4.27. The molecule has 1 amide bonds. The van der Waals surface area contributed by atoms with Crippen LogP contribution in [0.4, 0.5) is 0 Å². The van der Waals surface area contributed by atoms with Crippen LogP contribution < -0.4 is 15.4 Å². The van der Waals surface area contributed by atoms with Crippen molar-refractivity contribution in [1.82, 2.24) is 10.6 Å². The molecule has 108 valence electrons. The molecule has 2 N–H and O–H groups in total. The van der Waals surface area contributed by atoms with E-state index in [-0.39, 0.29) is 11.9 Å². The van der Waals surface area contributed by atoms with E-state index in [0.29, 0.717) is 18.9 Å². The van der Waals surface area contributed by atoms with E-state index < -0.39 is 0 Å². The van der Waals surface area contributed by atoms with Gasteiger partial charge < -0.3 is 15.4 Å². The summed E-state index contributed by atoms with van der Waals surface area (Å²) in [4.78, 5) is 12.1. The van der Waals surface area contributed by atoms with E-state index >= 15 is 0 Å². The summed E-state index contributed by atoms with van der Waals surface area (Å²) in [7, 11) is 0. The number of nitrogens with one attached hydrogen (secondary N) is 2. The molecule has 1 aromatic rings. The lowest BCUT2D eigenvalue weighted by atomic mass is 9.93. The summed E-state index contributed by atoms with van der Waals surface area (Å²) in [6.07, 6.45) is 4.03. The molecule has 0 aliphatic carbocycles. The maximum atomic E-state index is 12.1. The van der Waals surface area contributed by atoms with Gasteiger partial charge in [-0.25, -0.2) is 0 Å². The molecule has 1 fully saturated rings. The highest BCUT2D eigenvalue weighted by molar-refractivity contribution is 5.76. The number of fused-ring (bicyclic) bond motifs is 1. The minimum Gasteiger partial charge on any atom is -0.491 e. The van der Waals surface area contributed by atoms with Crippen molar-refractivity contribution in [1.29, 1.82) is 0 Å². The average molecular weight is 274 g/mol. The Balaban J connectivity index is 1.47. The fraction of sp³-hybridized carbons (Fsp3) is 0.562. The van der Waals surface area contributed by atoms with Crippen molar-refractivity contribution in [2.24, 2.45) is 5.92 Å². The van der Waals surface area contributed by atoms with Crippen molar-refractivity contribution in [3.8, 4) is 5.75 Å². The van der Waals surface area contributed by atoms with Gasteiger partial charge in [0, 0.05) is 12.0 Å². The fourth-order valence-electron chi connectivity index (χ4n) is 3.05. The van der Waals surface area contributed by atoms with Crippen molar-refractivity contribution >= 4 is 5.91 Å². The molecule has 4 heteroatoms. The fourth-order valence-corrected chi connectivity index (χ4v) is 3.05. The van der Waals surface area contributed by atoms with Crippen molar-refractivity contribution < 1.29 is 9.53 Å². The van der Waals surface area contributed by atoms with Gasteiger partial charge in [0.15, 0.2) is 0 Å². The van der Waals surface area contributed by atoms with Crippen molar-refractivity contribution in [2.75, 3.05) is 19.7 Å². The van der Waals surface area contributed by atoms with Gasteiger partial charge in [-0.15, -0.1) is 0 Å². The normalized spacial score (nSPS) is 22.1. The molecule has 4 nitrogen and oxygen atoms in total. The van der Waals surface area contributed by atoms with Crippen molar-refractivity contribution in [3.05, 3.63) is 29.8 Å². The first-order chi connectivity index (χ1) is 9.83. The largest absolute Gasteiger partial charge is 0.491 e. The first kappa shape index (κ1) is 13.4. The number of hydrogen-bond donors (Lipinski definition) is 2. The topological polar surface area (TPSA) is 50.4 Å². The Labute approximate surface area is 119 Å². The smallest absolute Gasteiger partial charge is 0.220 e. The van der Waals surface area contributed by atoms with E-state index in [2.05, 4.69) is 10.6 Å². The molecular formula is C16H22N2O2. The minimum atomic E-state index is 0.0201. The molecule has 2 aliphatic rings. The van der Waals surface area contributed by atoms with Gasteiger partial charge in [0.1, 0.15) is 12.4 Å². The van der Waals surface area contributed by atoms with Gasteiger partial charge >= 0.3 is 0 Å². The minimum absolute atomic E-state index is 0.0201. The van der Waals surface area contributed by atoms with Gasteiger partial charge in [-0.1, -0.05) is 18.2 Å². The molecule has 3 rings (SSSR count). The predicted octanol–water partition coefficient (Wildman–Crippen LogP) is 2.02. The summed E-state index contributed by atoms with van der Waals surface area (Å²) in [5.41, 5.74) is 1.10. The Bertz CT molecular complexity index is 469. The van der Waals surface area contributed by atoms with E-state index in [1.165, 1.54) is 12.8 Å². The lowest BCUT2D eigenvalue weighted by molar-refractivity contribution is -0.122. The summed E-state index contributed by atoms with van der Waals surface area (Å²) < 4.78 is 5.58. The second kappa shape index (κ2) is 6.27. The lowest BCUT2D eigenvalue weighted by Gasteiger charge is -2.22. The molecule has 1 atom stereocenters. The predicted molar refractivity (Wildman–Crippen MR) is 77.6 cm³/mol. The molecule has 0 saturated carbocycles. The van der Waals surface area contributed by atoms with E-state index in [4.69, 9.17) is 4.74 Å². The molecule has 1 unspecified atom stereocenters. The molecule has 1 aromatic carbocycles. The van der Waals surface area contributed by atoms with Crippen molar-refractivity contribution in [3.63, 3.8) is 0 Å². The zero-order valence-corrected chi connectivity index (χ0v) is 11.7. The van der Waals surface area contributed by atoms with Crippen LogP contribution >= 0.6 is 0 Å². The summed E-state index contributed by atoms with van der Waals surface area (Å²) >= 11 is 0. The van der Waals surface area contributed by atoms with Gasteiger partial charge in [0.05, 0.1) is 6.04 Å². The number of benzene rings is 1. The van der Waals surface area contributed by atoms with Crippen LogP contribution in [0, 0.1) is 5.92 Å². The van der Waals surface area contributed by atoms with Crippen molar-refractivity contribution in [2.45, 2.75) is 31.7 Å². The molecule has 2 aliphatic heterocycles. The van der Waals surface area contributed by atoms with Gasteiger partial charge in [0.25, 0.3) is 0 Å². The highest BCUT2D eigenvalue weighted by Gasteiger charge is 2.25. The second-order valence-corrected chi connectivity index (χ2v) is 5.70. The summed E-state index contributed by atoms with van der Waals surface area (Å²) in [5, 5.41) is 6.45. The van der Waals surface area contributed by atoms with Crippen LogP contribution in [0.15, 0.2) is 24.3 Å². The first-order valence-electron chi connectivity index (χ1n) is 7.55. The van der Waals surface area contributed by atoms with Crippen LogP contribution in [-0.4, -0.2) is 25.6 Å². The molecule has 0 aromatic heterocycles. The zero-order valence-electron chi connectivity index (χ0n) is 11.7. The zero-order chi connectivity index (χ0) is 13.8. The second-order valence-electron chi connectivity index (χ2n) is 5.70. The Morgan fingerprint density at radius 1 is 1.30 bits per heavy atom. The van der Waals surface area contributed by atoms with Gasteiger partial charge in [-0.3, -0.25) is 4.79 Å². The number of carbonyl (C=O) groups excluding carboxylic acids is 1. The van der Waals surface area contributed by atoms with E-state index in [9.17, 15) is 4.79 Å². The number of amides is 1. The molecule has 0 spiro atoms. The third-order valence-corrected chi connectivity index (χ3v) is 4.27. The molecule has 0 radical (unpaired) electrons. The highest BCUT2D eigenvalue weighted by atomic mass is 16.5. The molecule has 2 heterocycles. The highest BCUT2D eigenvalue weighted by Crippen LogP contribution is 2.31. The lowest BCUT2D eigenvalue weighted by Crippen LogP contribution is -2.31.